The van der Waals surface area contributed by atoms with Crippen LogP contribution < -0.4 is 5.73 Å². The first-order chi connectivity index (χ1) is 33.4. The molecule has 3 aliphatic heterocycles. The molecule has 3 fully saturated rings. The number of rotatable bonds is 39. The van der Waals surface area contributed by atoms with Gasteiger partial charge >= 0.3 is 61.6 Å². The molecule has 3 saturated heterocycles. The number of unbranched alkanes of at least 4 members (excludes halogenated alkanes) is 12. The highest BCUT2D eigenvalue weighted by atomic mass is 28.6. The van der Waals surface area contributed by atoms with Crippen molar-refractivity contribution in [3.63, 3.8) is 0 Å². The van der Waals surface area contributed by atoms with Gasteiger partial charge in [0.2, 0.25) is 0 Å². The normalized spacial score (nSPS) is 30.5. The molecule has 0 spiro atoms. The number of hydrogen-bond acceptors (Lipinski definition) is 13. The molecule has 13 nitrogen and oxygen atoms in total. The molecule has 71 heavy (non-hydrogen) atoms. The maximum absolute atomic E-state index is 13.5. The fourth-order valence-corrected chi connectivity index (χ4v) is 47.8. The Labute approximate surface area is 444 Å². The Bertz CT molecular complexity index is 1360. The molecule has 4 atom stereocenters. The summed E-state index contributed by atoms with van der Waals surface area (Å²) >= 11 is 0. The third-order valence-electron chi connectivity index (χ3n) is 14.1. The van der Waals surface area contributed by atoms with E-state index in [1.165, 1.54) is 0 Å². The van der Waals surface area contributed by atoms with E-state index in [9.17, 15) is 14.4 Å². The van der Waals surface area contributed by atoms with Gasteiger partial charge in [0.05, 0.1) is 0 Å². The molecule has 0 aromatic heterocycles. The molecule has 0 aromatic carbocycles. The van der Waals surface area contributed by atoms with Crippen LogP contribution in [0.15, 0.2) is 0 Å². The number of hydrogen-bond donors (Lipinski definition) is 4. The second kappa shape index (κ2) is 32.8. The summed E-state index contributed by atoms with van der Waals surface area (Å²) in [5, 5.41) is 0. The highest BCUT2D eigenvalue weighted by Gasteiger charge is 2.76. The molecule has 2 unspecified atom stereocenters. The lowest BCUT2D eigenvalue weighted by Crippen LogP contribution is -2.82. The summed E-state index contributed by atoms with van der Waals surface area (Å²) in [6.45, 7) is 27.3. The van der Waals surface area contributed by atoms with Gasteiger partial charge in [0.1, 0.15) is 0 Å². The van der Waals surface area contributed by atoms with Crippen molar-refractivity contribution < 1.29 is 51.4 Å². The largest absolute Gasteiger partial charge is 0.483 e. The van der Waals surface area contributed by atoms with Crippen molar-refractivity contribution in [1.29, 1.82) is 0 Å². The first kappa shape index (κ1) is 66.3. The molecule has 3 heterocycles. The zero-order valence-electron chi connectivity index (χ0n) is 47.9. The minimum atomic E-state index is -4.39. The SMILES string of the molecule is CC(C)CCCCC[Si]1(O)O[Si]2(CCCN)O[Si](O)(CCCCCC(C)C)O[Si@@]3(CCCCCC(C)C)O[Si](O)(CCCCCC(C)C)O[Si@](CCCCCC(C)C)(O1)O[Si](CCCCCC(C)C)(O2)O3. The Morgan fingerprint density at radius 1 is 0.254 bits per heavy atom. The van der Waals surface area contributed by atoms with E-state index in [-0.39, 0.29) is 24.2 Å². The maximum atomic E-state index is 13.5. The van der Waals surface area contributed by atoms with Crippen molar-refractivity contribution in [3.05, 3.63) is 0 Å². The Morgan fingerprint density at radius 3 is 0.634 bits per heavy atom. The molecule has 0 radical (unpaired) electrons. The average Bonchev–Trinajstić information content (AvgIpc) is 3.22. The van der Waals surface area contributed by atoms with Crippen LogP contribution >= 0.6 is 0 Å². The fraction of sp³-hybridized carbons (Fsp3) is 1.00. The Kier molecular flexibility index (Phi) is 30.6. The summed E-state index contributed by atoms with van der Waals surface area (Å²) in [6, 6.07) is 2.08. The van der Waals surface area contributed by atoms with Gasteiger partial charge in [0.25, 0.3) is 0 Å². The lowest BCUT2D eigenvalue weighted by molar-refractivity contribution is 0.00698. The fourth-order valence-electron chi connectivity index (χ4n) is 10.2. The lowest BCUT2D eigenvalue weighted by atomic mass is 10.1. The van der Waals surface area contributed by atoms with Gasteiger partial charge in [0.15, 0.2) is 0 Å². The van der Waals surface area contributed by atoms with E-state index in [4.69, 9.17) is 42.8 Å². The third-order valence-corrected chi connectivity index (χ3v) is 43.5. The van der Waals surface area contributed by atoms with Gasteiger partial charge in [0, 0.05) is 42.3 Å². The van der Waals surface area contributed by atoms with E-state index in [0.717, 1.165) is 122 Å². The summed E-state index contributed by atoms with van der Waals surface area (Å²) < 4.78 is 67.7. The molecule has 3 rings (SSSR count). The number of fused-ring (bicyclic) bond motifs is 3. The topological polar surface area (TPSA) is 170 Å². The highest BCUT2D eigenvalue weighted by molar-refractivity contribution is 6.98. The summed E-state index contributed by atoms with van der Waals surface area (Å²) in [5.74, 6) is 3.42. The predicted molar refractivity (Wildman–Crippen MR) is 304 cm³/mol. The summed E-state index contributed by atoms with van der Waals surface area (Å²) in [4.78, 5) is 40.4. The molecular formula is C51H113NO12Si7. The van der Waals surface area contributed by atoms with Crippen molar-refractivity contribution in [2.45, 2.75) is 286 Å². The molecule has 5 N–H and O–H groups in total. The van der Waals surface area contributed by atoms with Crippen molar-refractivity contribution in [2.75, 3.05) is 6.54 Å². The van der Waals surface area contributed by atoms with Gasteiger partial charge in [-0.1, -0.05) is 199 Å². The summed E-state index contributed by atoms with van der Waals surface area (Å²) in [6.07, 6.45) is 22.7. The molecule has 20 heteroatoms. The Morgan fingerprint density at radius 2 is 0.437 bits per heavy atom. The molecule has 0 aliphatic carbocycles. The van der Waals surface area contributed by atoms with Crippen molar-refractivity contribution >= 4 is 61.6 Å². The Balaban J connectivity index is 2.39. The second-order valence-electron chi connectivity index (χ2n) is 24.6. The molecular weight excluding hydrogens is 1020 g/mol. The predicted octanol–water partition coefficient (Wildman–Crippen LogP) is 14.4. The highest BCUT2D eigenvalue weighted by Crippen LogP contribution is 2.49. The van der Waals surface area contributed by atoms with Crippen molar-refractivity contribution in [3.8, 4) is 0 Å². The van der Waals surface area contributed by atoms with Gasteiger partial charge in [-0.15, -0.1) is 0 Å². The van der Waals surface area contributed by atoms with Crippen LogP contribution in [0.5, 0.6) is 0 Å². The first-order valence-corrected chi connectivity index (χ1v) is 43.2. The van der Waals surface area contributed by atoms with Crippen LogP contribution in [0.4, 0.5) is 0 Å². The van der Waals surface area contributed by atoms with Crippen LogP contribution in [0.25, 0.3) is 0 Å². The molecule has 0 saturated carbocycles. The lowest BCUT2D eigenvalue weighted by Gasteiger charge is -2.57. The smallest absolute Gasteiger partial charge is 0.391 e. The van der Waals surface area contributed by atoms with Crippen molar-refractivity contribution in [1.82, 2.24) is 0 Å². The molecule has 0 aromatic rings. The van der Waals surface area contributed by atoms with E-state index < -0.39 is 61.6 Å². The van der Waals surface area contributed by atoms with E-state index in [1.807, 2.05) is 0 Å². The quantitative estimate of drug-likeness (QED) is 0.0339. The van der Waals surface area contributed by atoms with E-state index in [0.29, 0.717) is 98.7 Å². The molecule has 0 amide bonds. The average molecular weight is 1130 g/mol. The van der Waals surface area contributed by atoms with Crippen molar-refractivity contribution in [2.24, 2.45) is 41.2 Å². The van der Waals surface area contributed by atoms with Gasteiger partial charge in [-0.3, -0.25) is 0 Å². The standard InChI is InChI=1S/C51H113NO12Si7/c1-46(2)32-19-13-25-39-65(53)56-68(42-28-16-22-35-49(7)8)58-66(54,40-26-14-20-33-47(3)4)60-70(45-31-38-52)61-67(55,41-27-15-21-34-48(5)6)59-69(57-65,43-29-17-23-36-50(9)10)63-71(62-68,64-70)44-30-18-24-37-51(11)12/h46-51,53-55H,13-45,52H2,1-12H3/t65?,66?,67?,68-,69-,70?,71?/m1/s1. The van der Waals surface area contributed by atoms with Crippen LogP contribution in [0.3, 0.4) is 0 Å². The van der Waals surface area contributed by atoms with E-state index in [2.05, 4.69) is 83.1 Å². The summed E-state index contributed by atoms with van der Waals surface area (Å²) in [5.41, 5.74) is 6.34. The maximum Gasteiger partial charge on any atom is 0.483 e. The van der Waals surface area contributed by atoms with Crippen LogP contribution in [-0.2, 0) is 37.0 Å². The monoisotopic (exact) mass is 1130 g/mol. The zero-order chi connectivity index (χ0) is 52.7. The zero-order valence-corrected chi connectivity index (χ0v) is 54.9. The van der Waals surface area contributed by atoms with E-state index in [1.54, 1.807) is 0 Å². The Hall–Kier alpha value is 0.998. The van der Waals surface area contributed by atoms with E-state index >= 15 is 0 Å². The van der Waals surface area contributed by atoms with Gasteiger partial charge in [-0.2, -0.15) is 0 Å². The van der Waals surface area contributed by atoms with Crippen LogP contribution in [0, 0.1) is 35.5 Å². The minimum Gasteiger partial charge on any atom is -0.391 e. The van der Waals surface area contributed by atoms with Gasteiger partial charge in [-0.25, -0.2) is 0 Å². The van der Waals surface area contributed by atoms with Crippen LogP contribution in [0.2, 0.25) is 42.3 Å². The summed E-state index contributed by atoms with van der Waals surface area (Å²) in [7, 11) is -30.0. The van der Waals surface area contributed by atoms with Gasteiger partial charge < -0.3 is 57.2 Å². The molecule has 4 bridgehead atoms. The van der Waals surface area contributed by atoms with Gasteiger partial charge in [-0.05, 0) is 87.0 Å². The van der Waals surface area contributed by atoms with Crippen LogP contribution in [-0.4, -0.2) is 82.6 Å². The molecule has 3 aliphatic rings. The second-order valence-corrected chi connectivity index (χ2v) is 45.2. The number of nitrogens with two attached hydrogens (primary N) is 1. The van der Waals surface area contributed by atoms with Crippen LogP contribution in [0.1, 0.15) is 244 Å². The minimum absolute atomic E-state index is 0.232. The third kappa shape index (κ3) is 26.0. The molecule has 422 valence electrons. The first-order valence-electron chi connectivity index (χ1n) is 29.6.